The van der Waals surface area contributed by atoms with Crippen LogP contribution in [0.3, 0.4) is 0 Å². The fourth-order valence-corrected chi connectivity index (χ4v) is 1.84. The van der Waals surface area contributed by atoms with Gasteiger partial charge < -0.3 is 10.1 Å². The molecule has 0 radical (unpaired) electrons. The van der Waals surface area contributed by atoms with Gasteiger partial charge in [-0.15, -0.1) is 0 Å². The highest BCUT2D eigenvalue weighted by atomic mass is 35.5. The highest BCUT2D eigenvalue weighted by molar-refractivity contribution is 6.31. The first-order valence-electron chi connectivity index (χ1n) is 5.10. The highest BCUT2D eigenvalue weighted by Crippen LogP contribution is 2.46. The number of hydrogen-bond acceptors (Lipinski definition) is 2. The van der Waals surface area contributed by atoms with Crippen molar-refractivity contribution in [3.8, 4) is 5.75 Å². The van der Waals surface area contributed by atoms with Gasteiger partial charge in [-0.2, -0.15) is 22.0 Å². The quantitative estimate of drug-likeness (QED) is 0.854. The Kier molecular flexibility index (Phi) is 4.63. The summed E-state index contributed by atoms with van der Waals surface area (Å²) in [5, 5.41) is 1.71. The van der Waals surface area contributed by atoms with Crippen LogP contribution in [-0.4, -0.2) is 26.3 Å². The molecule has 19 heavy (non-hydrogen) atoms. The molecule has 1 unspecified atom stereocenters. The van der Waals surface area contributed by atoms with Gasteiger partial charge in [-0.25, -0.2) is 0 Å². The van der Waals surface area contributed by atoms with Crippen molar-refractivity contribution in [2.24, 2.45) is 0 Å². The van der Waals surface area contributed by atoms with E-state index in [4.69, 9.17) is 16.3 Å². The van der Waals surface area contributed by atoms with Crippen LogP contribution < -0.4 is 10.1 Å². The van der Waals surface area contributed by atoms with Gasteiger partial charge in [0, 0.05) is 5.02 Å². The Morgan fingerprint density at radius 1 is 1.21 bits per heavy atom. The molecule has 108 valence electrons. The molecule has 0 saturated carbocycles. The molecular weight excluding hydrogens is 293 g/mol. The zero-order valence-corrected chi connectivity index (χ0v) is 10.7. The number of benzene rings is 1. The largest absolute Gasteiger partial charge is 0.497 e. The van der Waals surface area contributed by atoms with Crippen molar-refractivity contribution in [1.82, 2.24) is 5.32 Å². The van der Waals surface area contributed by atoms with Crippen LogP contribution in [-0.2, 0) is 0 Å². The van der Waals surface area contributed by atoms with E-state index in [-0.39, 0.29) is 16.3 Å². The minimum atomic E-state index is -5.68. The summed E-state index contributed by atoms with van der Waals surface area (Å²) in [7, 11) is 2.33. The van der Waals surface area contributed by atoms with E-state index >= 15 is 0 Å². The molecule has 0 aromatic heterocycles. The monoisotopic (exact) mass is 303 g/mol. The third-order valence-corrected chi connectivity index (χ3v) is 2.88. The predicted octanol–water partition coefficient (Wildman–Crippen LogP) is 3.81. The van der Waals surface area contributed by atoms with Crippen molar-refractivity contribution < 1.29 is 26.7 Å². The van der Waals surface area contributed by atoms with Crippen LogP contribution >= 0.6 is 11.6 Å². The van der Waals surface area contributed by atoms with Gasteiger partial charge in [0.2, 0.25) is 0 Å². The van der Waals surface area contributed by atoms with Crippen molar-refractivity contribution in [3.63, 3.8) is 0 Å². The lowest BCUT2D eigenvalue weighted by molar-refractivity contribution is -0.293. The number of hydrogen-bond donors (Lipinski definition) is 1. The van der Waals surface area contributed by atoms with Crippen LogP contribution in [0.25, 0.3) is 0 Å². The van der Waals surface area contributed by atoms with E-state index in [1.54, 1.807) is 0 Å². The van der Waals surface area contributed by atoms with Crippen LogP contribution in [0.15, 0.2) is 18.2 Å². The molecule has 0 bridgehead atoms. The van der Waals surface area contributed by atoms with Gasteiger partial charge in [-0.05, 0) is 24.7 Å². The highest BCUT2D eigenvalue weighted by Gasteiger charge is 2.62. The fourth-order valence-electron chi connectivity index (χ4n) is 1.56. The number of alkyl halides is 5. The molecule has 0 aliphatic carbocycles. The smallest absolute Gasteiger partial charge is 0.455 e. The summed E-state index contributed by atoms with van der Waals surface area (Å²) in [6.45, 7) is 0. The second-order valence-electron chi connectivity index (χ2n) is 3.73. The zero-order chi connectivity index (χ0) is 14.8. The van der Waals surface area contributed by atoms with E-state index in [9.17, 15) is 22.0 Å². The standard InChI is InChI=1S/C11H11ClF5NO/c1-18-9(10(13,14)11(15,16)17)7-4-3-6(19-2)5-8(7)12/h3-5,9,18H,1-2H3. The lowest BCUT2D eigenvalue weighted by Gasteiger charge is -2.29. The average Bonchev–Trinajstić information content (AvgIpc) is 2.30. The molecule has 0 saturated heterocycles. The Balaban J connectivity index is 3.25. The van der Waals surface area contributed by atoms with Crippen LogP contribution in [0.5, 0.6) is 5.75 Å². The molecule has 8 heteroatoms. The summed E-state index contributed by atoms with van der Waals surface area (Å²) < 4.78 is 68.7. The van der Waals surface area contributed by atoms with Gasteiger partial charge >= 0.3 is 12.1 Å². The van der Waals surface area contributed by atoms with Crippen molar-refractivity contribution >= 4 is 11.6 Å². The molecule has 0 fully saturated rings. The van der Waals surface area contributed by atoms with Gasteiger partial charge in [0.15, 0.2) is 0 Å². The van der Waals surface area contributed by atoms with Crippen molar-refractivity contribution in [2.75, 3.05) is 14.2 Å². The van der Waals surface area contributed by atoms with Crippen molar-refractivity contribution in [2.45, 2.75) is 18.1 Å². The third-order valence-electron chi connectivity index (χ3n) is 2.55. The van der Waals surface area contributed by atoms with Gasteiger partial charge in [0.05, 0.1) is 7.11 Å². The summed E-state index contributed by atoms with van der Waals surface area (Å²) >= 11 is 5.72. The fraction of sp³-hybridized carbons (Fsp3) is 0.455. The third kappa shape index (κ3) is 3.09. The molecule has 2 nitrogen and oxygen atoms in total. The number of halogens is 6. The van der Waals surface area contributed by atoms with Crippen LogP contribution in [0.2, 0.25) is 5.02 Å². The minimum Gasteiger partial charge on any atom is -0.497 e. The average molecular weight is 304 g/mol. The summed E-state index contributed by atoms with van der Waals surface area (Å²) in [6.07, 6.45) is -5.68. The molecule has 1 N–H and O–H groups in total. The van der Waals surface area contributed by atoms with Crippen LogP contribution in [0.4, 0.5) is 22.0 Å². The van der Waals surface area contributed by atoms with E-state index in [1.807, 2.05) is 5.32 Å². The van der Waals surface area contributed by atoms with E-state index in [0.717, 1.165) is 13.1 Å². The van der Waals surface area contributed by atoms with E-state index in [0.29, 0.717) is 0 Å². The lowest BCUT2D eigenvalue weighted by atomic mass is 10.00. The molecule has 0 aliphatic heterocycles. The molecule has 1 aromatic rings. The second kappa shape index (κ2) is 5.50. The molecule has 0 aliphatic rings. The van der Waals surface area contributed by atoms with E-state index in [1.165, 1.54) is 19.2 Å². The number of methoxy groups -OCH3 is 1. The Bertz CT molecular complexity index is 449. The maximum absolute atomic E-state index is 13.4. The maximum atomic E-state index is 13.4. The minimum absolute atomic E-state index is 0.234. The maximum Gasteiger partial charge on any atom is 0.455 e. The normalized spacial score (nSPS) is 14.3. The summed E-state index contributed by atoms with van der Waals surface area (Å²) in [5.74, 6) is -4.68. The molecule has 1 atom stereocenters. The Hall–Kier alpha value is -1.08. The van der Waals surface area contributed by atoms with Gasteiger partial charge in [-0.1, -0.05) is 17.7 Å². The van der Waals surface area contributed by atoms with E-state index in [2.05, 4.69) is 0 Å². The van der Waals surface area contributed by atoms with Crippen LogP contribution in [0, 0.1) is 0 Å². The number of ether oxygens (including phenoxy) is 1. The second-order valence-corrected chi connectivity index (χ2v) is 4.14. The summed E-state index contributed by atoms with van der Waals surface area (Å²) in [5.41, 5.74) is -0.354. The van der Waals surface area contributed by atoms with E-state index < -0.39 is 18.1 Å². The topological polar surface area (TPSA) is 21.3 Å². The molecular formula is C11H11ClF5NO. The molecule has 0 spiro atoms. The Morgan fingerprint density at radius 3 is 2.16 bits per heavy atom. The SMILES string of the molecule is CNC(c1ccc(OC)cc1Cl)C(F)(F)C(F)(F)F. The summed E-state index contributed by atoms with van der Waals surface area (Å²) in [4.78, 5) is 0. The first-order chi connectivity index (χ1) is 8.65. The first-order valence-corrected chi connectivity index (χ1v) is 5.48. The molecule has 1 aromatic carbocycles. The number of nitrogens with one attached hydrogen (secondary N) is 1. The van der Waals surface area contributed by atoms with Gasteiger partial charge in [0.25, 0.3) is 0 Å². The predicted molar refractivity (Wildman–Crippen MR) is 60.8 cm³/mol. The lowest BCUT2D eigenvalue weighted by Crippen LogP contribution is -2.47. The van der Waals surface area contributed by atoms with Crippen LogP contribution in [0.1, 0.15) is 11.6 Å². The molecule has 0 heterocycles. The van der Waals surface area contributed by atoms with Crippen molar-refractivity contribution in [3.05, 3.63) is 28.8 Å². The first kappa shape index (κ1) is 16.0. The zero-order valence-electron chi connectivity index (χ0n) is 9.99. The van der Waals surface area contributed by atoms with Crippen molar-refractivity contribution in [1.29, 1.82) is 0 Å². The Labute approximate surface area is 111 Å². The number of rotatable bonds is 4. The van der Waals surface area contributed by atoms with Gasteiger partial charge in [0.1, 0.15) is 11.8 Å². The summed E-state index contributed by atoms with van der Waals surface area (Å²) in [6, 6.07) is 1.24. The molecule has 0 amide bonds. The molecule has 1 rings (SSSR count). The Morgan fingerprint density at radius 2 is 1.79 bits per heavy atom. The van der Waals surface area contributed by atoms with Gasteiger partial charge in [-0.3, -0.25) is 0 Å².